The predicted molar refractivity (Wildman–Crippen MR) is 61.7 cm³/mol. The molecule has 1 heterocycles. The van der Waals surface area contributed by atoms with Gasteiger partial charge in [0.05, 0.1) is 11.4 Å². The van der Waals surface area contributed by atoms with E-state index in [1.54, 1.807) is 6.20 Å². The van der Waals surface area contributed by atoms with E-state index in [1.807, 2.05) is 25.1 Å². The Morgan fingerprint density at radius 1 is 1.57 bits per heavy atom. The van der Waals surface area contributed by atoms with Gasteiger partial charge in [0, 0.05) is 6.20 Å². The lowest BCUT2D eigenvalue weighted by Crippen LogP contribution is -2.14. The molecule has 0 atom stereocenters. The quantitative estimate of drug-likeness (QED) is 0.452. The topological polar surface area (TPSA) is 49.6 Å². The van der Waals surface area contributed by atoms with Crippen molar-refractivity contribution >= 4 is 29.8 Å². The van der Waals surface area contributed by atoms with E-state index in [4.69, 9.17) is 12.2 Å². The third-order valence-corrected chi connectivity index (χ3v) is 1.72. The van der Waals surface area contributed by atoms with E-state index >= 15 is 0 Å². The van der Waals surface area contributed by atoms with Gasteiger partial charge in [-0.2, -0.15) is 5.10 Å². The summed E-state index contributed by atoms with van der Waals surface area (Å²) in [5, 5.41) is 4.24. The zero-order valence-electron chi connectivity index (χ0n) is 7.77. The minimum atomic E-state index is 0.250. The number of aliphatic imine (C=N–C) groups is 1. The van der Waals surface area contributed by atoms with E-state index in [-0.39, 0.29) is 5.11 Å². The van der Waals surface area contributed by atoms with Gasteiger partial charge in [0.15, 0.2) is 0 Å². The van der Waals surface area contributed by atoms with Crippen LogP contribution in [0.3, 0.4) is 0 Å². The maximum Gasteiger partial charge on any atom is 0.212 e. The number of hydrogen-bond donors (Lipinski definition) is 1. The second-order valence-electron chi connectivity index (χ2n) is 2.49. The van der Waals surface area contributed by atoms with Crippen molar-refractivity contribution in [2.45, 2.75) is 6.92 Å². The molecule has 0 amide bonds. The molecule has 0 saturated heterocycles. The Labute approximate surface area is 87.8 Å². The van der Waals surface area contributed by atoms with Gasteiger partial charge in [-0.1, -0.05) is 6.07 Å². The molecule has 5 heteroatoms. The summed E-state index contributed by atoms with van der Waals surface area (Å²) in [6, 6.07) is 5.61. The van der Waals surface area contributed by atoms with Crippen LogP contribution in [0.15, 0.2) is 34.5 Å². The fraction of sp³-hybridized carbons (Fsp3) is 0.111. The van der Waals surface area contributed by atoms with Crippen LogP contribution < -0.4 is 5.43 Å². The molecule has 72 valence electrons. The molecule has 0 saturated carbocycles. The molecule has 1 aromatic rings. The number of thiocarbonyl (C=S) groups is 1. The fourth-order valence-electron chi connectivity index (χ4n) is 0.801. The first-order valence-corrected chi connectivity index (χ1v) is 4.37. The van der Waals surface area contributed by atoms with Gasteiger partial charge in [0.2, 0.25) is 5.11 Å². The molecule has 0 aromatic carbocycles. The Morgan fingerprint density at radius 3 is 2.93 bits per heavy atom. The molecule has 1 N–H and O–H groups in total. The van der Waals surface area contributed by atoms with Crippen molar-refractivity contribution in [3.63, 3.8) is 0 Å². The van der Waals surface area contributed by atoms with E-state index in [0.717, 1.165) is 11.4 Å². The summed E-state index contributed by atoms with van der Waals surface area (Å²) in [7, 11) is 0. The summed E-state index contributed by atoms with van der Waals surface area (Å²) in [5.41, 5.74) is 4.13. The summed E-state index contributed by atoms with van der Waals surface area (Å²) in [4.78, 5) is 7.62. The molecule has 0 aliphatic rings. The number of pyridine rings is 1. The van der Waals surface area contributed by atoms with Crippen molar-refractivity contribution in [1.29, 1.82) is 0 Å². The highest BCUT2D eigenvalue weighted by Gasteiger charge is 1.96. The molecule has 0 radical (unpaired) electrons. The standard InChI is InChI=1S/C9H10N4S/c1-7(12-13-9(14)10-2)8-5-3-4-6-11-8/h3-6H,2H2,1H3,(H,13,14)/b12-7+. The SMILES string of the molecule is C=NC(=S)N/N=C(\C)c1ccccn1. The third-order valence-electron chi connectivity index (χ3n) is 1.50. The van der Waals surface area contributed by atoms with Crippen LogP contribution >= 0.6 is 12.2 Å². The molecular formula is C9H10N4S. The maximum absolute atomic E-state index is 4.76. The van der Waals surface area contributed by atoms with Crippen molar-refractivity contribution in [3.8, 4) is 0 Å². The number of hydrogen-bond acceptors (Lipinski definition) is 3. The molecule has 0 unspecified atom stereocenters. The number of aromatic nitrogens is 1. The maximum atomic E-state index is 4.76. The lowest BCUT2D eigenvalue weighted by atomic mass is 10.3. The molecule has 1 rings (SSSR count). The Hall–Kier alpha value is -1.62. The Kier molecular flexibility index (Phi) is 3.87. The third kappa shape index (κ3) is 3.02. The normalized spacial score (nSPS) is 10.8. The molecule has 0 spiro atoms. The number of nitrogens with one attached hydrogen (secondary N) is 1. The fourth-order valence-corrected chi connectivity index (χ4v) is 0.847. The van der Waals surface area contributed by atoms with Crippen LogP contribution in [0.1, 0.15) is 12.6 Å². The summed E-state index contributed by atoms with van der Waals surface area (Å²) in [6.45, 7) is 5.11. The van der Waals surface area contributed by atoms with Crippen molar-refractivity contribution in [1.82, 2.24) is 10.4 Å². The first kappa shape index (κ1) is 10.5. The molecule has 1 aromatic heterocycles. The van der Waals surface area contributed by atoms with Crippen LogP contribution in [0.2, 0.25) is 0 Å². The highest BCUT2D eigenvalue weighted by atomic mass is 32.1. The van der Waals surface area contributed by atoms with E-state index in [2.05, 4.69) is 27.2 Å². The largest absolute Gasteiger partial charge is 0.255 e. The van der Waals surface area contributed by atoms with Crippen LogP contribution in [0, 0.1) is 0 Å². The average molecular weight is 206 g/mol. The number of nitrogens with zero attached hydrogens (tertiary/aromatic N) is 3. The zero-order valence-corrected chi connectivity index (χ0v) is 8.58. The van der Waals surface area contributed by atoms with Gasteiger partial charge >= 0.3 is 0 Å². The van der Waals surface area contributed by atoms with Crippen LogP contribution in [-0.2, 0) is 0 Å². The molecule has 0 bridgehead atoms. The van der Waals surface area contributed by atoms with Gasteiger partial charge in [-0.25, -0.2) is 4.99 Å². The van der Waals surface area contributed by atoms with Gasteiger partial charge in [0.25, 0.3) is 0 Å². The van der Waals surface area contributed by atoms with Gasteiger partial charge < -0.3 is 0 Å². The summed E-state index contributed by atoms with van der Waals surface area (Å²) >= 11 is 4.76. The predicted octanol–water partition coefficient (Wildman–Crippen LogP) is 1.38. The van der Waals surface area contributed by atoms with Crippen molar-refractivity contribution < 1.29 is 0 Å². The number of hydrazone groups is 1. The highest BCUT2D eigenvalue weighted by Crippen LogP contribution is 1.95. The van der Waals surface area contributed by atoms with E-state index in [9.17, 15) is 0 Å². The van der Waals surface area contributed by atoms with E-state index < -0.39 is 0 Å². The Bertz CT molecular complexity index is 358. The van der Waals surface area contributed by atoms with Crippen molar-refractivity contribution in [3.05, 3.63) is 30.1 Å². The van der Waals surface area contributed by atoms with Crippen molar-refractivity contribution in [2.24, 2.45) is 10.1 Å². The molecular weight excluding hydrogens is 196 g/mol. The minimum Gasteiger partial charge on any atom is -0.255 e. The van der Waals surface area contributed by atoms with E-state index in [1.165, 1.54) is 0 Å². The first-order valence-electron chi connectivity index (χ1n) is 3.96. The van der Waals surface area contributed by atoms with Gasteiger partial charge in [-0.3, -0.25) is 10.4 Å². The summed E-state index contributed by atoms with van der Waals surface area (Å²) < 4.78 is 0. The monoisotopic (exact) mass is 206 g/mol. The molecule has 14 heavy (non-hydrogen) atoms. The molecule has 0 aliphatic carbocycles. The van der Waals surface area contributed by atoms with Gasteiger partial charge in [0.1, 0.15) is 0 Å². The average Bonchev–Trinajstić information content (AvgIpc) is 2.26. The lowest BCUT2D eigenvalue weighted by molar-refractivity contribution is 1.03. The first-order chi connectivity index (χ1) is 6.74. The summed E-state index contributed by atoms with van der Waals surface area (Å²) in [5.74, 6) is 0. The highest BCUT2D eigenvalue weighted by molar-refractivity contribution is 7.80. The Morgan fingerprint density at radius 2 is 2.36 bits per heavy atom. The second kappa shape index (κ2) is 5.18. The minimum absolute atomic E-state index is 0.250. The molecule has 0 aliphatic heterocycles. The van der Waals surface area contributed by atoms with Crippen LogP contribution in [-0.4, -0.2) is 22.5 Å². The summed E-state index contributed by atoms with van der Waals surface area (Å²) in [6.07, 6.45) is 1.71. The van der Waals surface area contributed by atoms with Crippen molar-refractivity contribution in [2.75, 3.05) is 0 Å². The van der Waals surface area contributed by atoms with Gasteiger partial charge in [-0.05, 0) is 38.0 Å². The van der Waals surface area contributed by atoms with Crippen LogP contribution in [0.25, 0.3) is 0 Å². The number of rotatable bonds is 2. The van der Waals surface area contributed by atoms with Gasteiger partial charge in [-0.15, -0.1) is 0 Å². The van der Waals surface area contributed by atoms with Crippen LogP contribution in [0.4, 0.5) is 0 Å². The zero-order chi connectivity index (χ0) is 10.4. The Balaban J connectivity index is 2.70. The lowest BCUT2D eigenvalue weighted by Gasteiger charge is -1.99. The smallest absolute Gasteiger partial charge is 0.212 e. The molecule has 0 fully saturated rings. The van der Waals surface area contributed by atoms with E-state index in [0.29, 0.717) is 0 Å². The van der Waals surface area contributed by atoms with Crippen LogP contribution in [0.5, 0.6) is 0 Å². The molecule has 4 nitrogen and oxygen atoms in total. The second-order valence-corrected chi connectivity index (χ2v) is 2.87.